The van der Waals surface area contributed by atoms with Crippen LogP contribution in [0.4, 0.5) is 17.1 Å². The van der Waals surface area contributed by atoms with Crippen molar-refractivity contribution >= 4 is 90.4 Å². The van der Waals surface area contributed by atoms with E-state index in [0.29, 0.717) is 0 Å². The van der Waals surface area contributed by atoms with Gasteiger partial charge in [0, 0.05) is 44.5 Å². The molecule has 13 rings (SSSR count). The number of allylic oxidation sites excluding steroid dienone is 7. The van der Waals surface area contributed by atoms with Gasteiger partial charge in [-0.05, 0) is 135 Å². The van der Waals surface area contributed by atoms with E-state index in [1.54, 1.807) is 0 Å². The number of fused-ring (bicyclic) bond motifs is 12. The van der Waals surface area contributed by atoms with Gasteiger partial charge in [0.1, 0.15) is 16.7 Å². The molecule has 6 aromatic carbocycles. The molecule has 1 atom stereocenters. The van der Waals surface area contributed by atoms with Crippen molar-refractivity contribution in [2.24, 2.45) is 5.41 Å². The van der Waals surface area contributed by atoms with Crippen molar-refractivity contribution in [3.05, 3.63) is 190 Å². The average Bonchev–Trinajstić information content (AvgIpc) is 4.02. The highest BCUT2D eigenvalue weighted by atomic mass is 16.3. The van der Waals surface area contributed by atoms with Gasteiger partial charge in [-0.2, -0.15) is 0 Å². The summed E-state index contributed by atoms with van der Waals surface area (Å²) in [6.45, 7) is 21.0. The first-order valence-electron chi connectivity index (χ1n) is 25.6. The summed E-state index contributed by atoms with van der Waals surface area (Å²) in [6, 6.07) is 45.7. The lowest BCUT2D eigenvalue weighted by Crippen LogP contribution is -2.57. The first-order valence-corrected chi connectivity index (χ1v) is 25.6. The van der Waals surface area contributed by atoms with Crippen molar-refractivity contribution in [1.82, 2.24) is 4.57 Å². The highest BCUT2D eigenvalue weighted by Crippen LogP contribution is 2.52. The van der Waals surface area contributed by atoms with Gasteiger partial charge in [0.05, 0.1) is 5.69 Å². The van der Waals surface area contributed by atoms with Crippen molar-refractivity contribution in [2.45, 2.75) is 105 Å². The number of hydrogen-bond donors (Lipinski definition) is 0. The van der Waals surface area contributed by atoms with Gasteiger partial charge in [-0.1, -0.05) is 177 Å². The highest BCUT2D eigenvalue weighted by molar-refractivity contribution is 6.90. The van der Waals surface area contributed by atoms with Crippen molar-refractivity contribution < 1.29 is 8.83 Å². The van der Waals surface area contributed by atoms with E-state index in [-0.39, 0.29) is 28.8 Å². The summed E-state index contributed by atoms with van der Waals surface area (Å²) in [5, 5.41) is 3.41. The van der Waals surface area contributed by atoms with E-state index >= 15 is 0 Å². The second kappa shape index (κ2) is 15.3. The van der Waals surface area contributed by atoms with Gasteiger partial charge in [-0.15, -0.1) is 0 Å². The molecule has 0 bridgehead atoms. The fourth-order valence-electron chi connectivity index (χ4n) is 12.3. The zero-order chi connectivity index (χ0) is 48.0. The lowest BCUT2D eigenvalue weighted by atomic mass is 9.29. The van der Waals surface area contributed by atoms with Crippen LogP contribution in [-0.4, -0.2) is 11.3 Å². The fourth-order valence-corrected chi connectivity index (χ4v) is 12.3. The molecule has 2 aliphatic carbocycles. The molecular weight excluding hydrogens is 852 g/mol. The molecule has 0 N–H and O–H groups in total. The first kappa shape index (κ1) is 43.1. The number of para-hydroxylation sites is 3. The molecular formula is C65H61BN2O2. The average molecular weight is 913 g/mol. The number of furan rings is 2. The van der Waals surface area contributed by atoms with Crippen LogP contribution >= 0.6 is 0 Å². The third-order valence-corrected chi connectivity index (χ3v) is 16.1. The van der Waals surface area contributed by atoms with E-state index in [0.717, 1.165) is 75.4 Å². The van der Waals surface area contributed by atoms with Crippen molar-refractivity contribution in [3.8, 4) is 5.69 Å². The van der Waals surface area contributed by atoms with Gasteiger partial charge in [-0.3, -0.25) is 0 Å². The van der Waals surface area contributed by atoms with E-state index in [4.69, 9.17) is 8.83 Å². The Morgan fingerprint density at radius 3 is 2.04 bits per heavy atom. The molecule has 5 heteroatoms. The van der Waals surface area contributed by atoms with Crippen molar-refractivity contribution in [2.75, 3.05) is 4.90 Å². The summed E-state index contributed by atoms with van der Waals surface area (Å²) < 4.78 is 16.6. The largest absolute Gasteiger partial charge is 0.454 e. The summed E-state index contributed by atoms with van der Waals surface area (Å²) in [5.74, 6) is 0.203. The molecule has 4 nitrogen and oxygen atoms in total. The van der Waals surface area contributed by atoms with Crippen LogP contribution in [0.5, 0.6) is 0 Å². The van der Waals surface area contributed by atoms with Crippen LogP contribution < -0.4 is 15.8 Å². The number of nitrogens with zero attached hydrogens (tertiary/aromatic N) is 2. The molecule has 9 aromatic rings. The maximum absolute atomic E-state index is 7.00. The molecule has 0 saturated heterocycles. The Morgan fingerprint density at radius 1 is 0.629 bits per heavy atom. The molecule has 0 saturated carbocycles. The van der Waals surface area contributed by atoms with Crippen molar-refractivity contribution in [1.29, 1.82) is 0 Å². The minimum atomic E-state index is -0.0691. The molecule has 0 fully saturated rings. The van der Waals surface area contributed by atoms with Crippen LogP contribution in [0.15, 0.2) is 166 Å². The molecule has 0 spiro atoms. The summed E-state index contributed by atoms with van der Waals surface area (Å²) in [5.41, 5.74) is 24.4. The number of benzene rings is 6. The molecule has 0 amide bonds. The molecule has 0 radical (unpaired) electrons. The molecule has 70 heavy (non-hydrogen) atoms. The highest BCUT2D eigenvalue weighted by Gasteiger charge is 2.49. The quantitative estimate of drug-likeness (QED) is 0.161. The Bertz CT molecular complexity index is 3780. The van der Waals surface area contributed by atoms with Crippen molar-refractivity contribution in [3.63, 3.8) is 0 Å². The van der Waals surface area contributed by atoms with Crippen LogP contribution in [0, 0.1) is 5.41 Å². The van der Waals surface area contributed by atoms with E-state index in [1.807, 2.05) is 0 Å². The van der Waals surface area contributed by atoms with Gasteiger partial charge < -0.3 is 18.3 Å². The maximum Gasteiger partial charge on any atom is 0.226 e. The predicted octanol–water partition coefficient (Wildman–Crippen LogP) is 16.6. The second-order valence-electron chi connectivity index (χ2n) is 23.6. The molecule has 3 aromatic heterocycles. The van der Waals surface area contributed by atoms with E-state index in [1.165, 1.54) is 78.2 Å². The van der Waals surface area contributed by atoms with E-state index < -0.39 is 0 Å². The molecule has 1 unspecified atom stereocenters. The maximum atomic E-state index is 7.00. The molecule has 5 heterocycles. The number of aromatic nitrogens is 1. The van der Waals surface area contributed by atoms with Crippen LogP contribution in [0.25, 0.3) is 61.3 Å². The Kier molecular flexibility index (Phi) is 9.39. The predicted molar refractivity (Wildman–Crippen MR) is 297 cm³/mol. The minimum absolute atomic E-state index is 0.0691. The molecule has 346 valence electrons. The summed E-state index contributed by atoms with van der Waals surface area (Å²) >= 11 is 0. The van der Waals surface area contributed by atoms with Crippen LogP contribution in [0.1, 0.15) is 121 Å². The van der Waals surface area contributed by atoms with Gasteiger partial charge in [0.2, 0.25) is 6.71 Å². The normalized spacial score (nSPS) is 16.8. The Balaban J connectivity index is 1.14. The number of hydrogen-bond acceptors (Lipinski definition) is 3. The summed E-state index contributed by atoms with van der Waals surface area (Å²) in [6.07, 6.45) is 15.9. The topological polar surface area (TPSA) is 34.5 Å². The minimum Gasteiger partial charge on any atom is -0.454 e. The van der Waals surface area contributed by atoms with Gasteiger partial charge in [-0.25, -0.2) is 0 Å². The Morgan fingerprint density at radius 2 is 1.31 bits per heavy atom. The molecule has 2 aliphatic heterocycles. The fraction of sp³-hybridized carbons (Fsp3) is 0.262. The van der Waals surface area contributed by atoms with Crippen LogP contribution in [0.3, 0.4) is 0 Å². The zero-order valence-electron chi connectivity index (χ0n) is 42.1. The lowest BCUT2D eigenvalue weighted by molar-refractivity contribution is 0.480. The van der Waals surface area contributed by atoms with E-state index in [9.17, 15) is 0 Å². The SMILES string of the molecule is CC(C)(C)C1=CC=C(/C=C(/Cc2ccc(C(C)(C)C)cc2)c2cc3c4c(c2)-n2c5c(c6oc7ccccc7c62)C=CCC5B4c2ccc(C(C)(C)C)cc2N3c2cccc3c2oc2ccccc23)CC1. The Labute approximate surface area is 412 Å². The van der Waals surface area contributed by atoms with Crippen LogP contribution in [0.2, 0.25) is 0 Å². The lowest BCUT2D eigenvalue weighted by Gasteiger charge is -2.44. The Hall–Kier alpha value is -6.98. The summed E-state index contributed by atoms with van der Waals surface area (Å²) in [4.78, 5) is 2.58. The molecule has 4 aliphatic rings. The monoisotopic (exact) mass is 912 g/mol. The third kappa shape index (κ3) is 6.64. The smallest absolute Gasteiger partial charge is 0.226 e. The second-order valence-corrected chi connectivity index (χ2v) is 23.6. The van der Waals surface area contributed by atoms with Crippen LogP contribution in [-0.2, 0) is 17.3 Å². The number of rotatable bonds is 5. The van der Waals surface area contributed by atoms with Gasteiger partial charge >= 0.3 is 0 Å². The first-order chi connectivity index (χ1) is 33.6. The van der Waals surface area contributed by atoms with E-state index in [2.05, 4.69) is 223 Å². The standard InChI is InChI=1S/C65H61BN2O2/c1-63(2,3)43-28-24-39(25-29-43)34-41(35-40-26-30-44(31-27-40)64(4,5)6)42-36-54-58-55(37-42)68-59-49(62-60(68)48-17-11-13-23-57(48)70-62)19-14-20-51(59)66(58)50-33-32-45(65(7,8)9)38-53(50)67(54)52-21-15-18-47-46-16-10-12-22-56(46)69-61(47)52/h10-19,21-26,28-30,32-33,35-38,51H,20,27,31,34H2,1-9H3/b41-35-. The third-order valence-electron chi connectivity index (χ3n) is 16.1. The summed E-state index contributed by atoms with van der Waals surface area (Å²) in [7, 11) is 0. The number of anilines is 3. The zero-order valence-corrected chi connectivity index (χ0v) is 42.1. The van der Waals surface area contributed by atoms with Gasteiger partial charge in [0.15, 0.2) is 11.2 Å². The van der Waals surface area contributed by atoms with Gasteiger partial charge in [0.25, 0.3) is 0 Å².